The Balaban J connectivity index is 2.51. The number of hydrogen-bond acceptors (Lipinski definition) is 4. The van der Waals surface area contributed by atoms with Gasteiger partial charge in [-0.25, -0.2) is 0 Å². The summed E-state index contributed by atoms with van der Waals surface area (Å²) in [5.41, 5.74) is 7.75. The molecule has 0 aliphatic heterocycles. The van der Waals surface area contributed by atoms with Crippen LogP contribution in [0.15, 0.2) is 24.3 Å². The molecule has 102 valence electrons. The van der Waals surface area contributed by atoms with E-state index in [9.17, 15) is 0 Å². The molecule has 0 aliphatic carbocycles. The topological polar surface area (TPSA) is 67.5 Å². The van der Waals surface area contributed by atoms with Crippen molar-refractivity contribution in [2.24, 2.45) is 5.73 Å². The van der Waals surface area contributed by atoms with Gasteiger partial charge >= 0.3 is 0 Å². The van der Waals surface area contributed by atoms with Crippen LogP contribution in [-0.4, -0.2) is 38.0 Å². The van der Waals surface area contributed by atoms with Gasteiger partial charge in [0.05, 0.1) is 6.61 Å². The summed E-state index contributed by atoms with van der Waals surface area (Å²) in [5, 5.41) is 12.3. The summed E-state index contributed by atoms with van der Waals surface area (Å²) in [5.74, 6) is 0. The van der Waals surface area contributed by atoms with Crippen molar-refractivity contribution in [3.8, 4) is 0 Å². The maximum atomic E-state index is 8.86. The molecule has 0 heterocycles. The van der Waals surface area contributed by atoms with Crippen LogP contribution in [0, 0.1) is 0 Å². The van der Waals surface area contributed by atoms with E-state index in [-0.39, 0.29) is 6.61 Å². The average molecular weight is 252 g/mol. The summed E-state index contributed by atoms with van der Waals surface area (Å²) in [4.78, 5) is 0. The Morgan fingerprint density at radius 2 is 2.06 bits per heavy atom. The summed E-state index contributed by atoms with van der Waals surface area (Å²) in [6, 6.07) is 8.44. The van der Waals surface area contributed by atoms with Gasteiger partial charge in [-0.2, -0.15) is 0 Å². The van der Waals surface area contributed by atoms with E-state index in [1.165, 1.54) is 0 Å². The molecule has 1 rings (SSSR count). The second-order valence-electron chi connectivity index (χ2n) is 4.40. The van der Waals surface area contributed by atoms with Crippen molar-refractivity contribution in [1.29, 1.82) is 0 Å². The Morgan fingerprint density at radius 3 is 2.61 bits per heavy atom. The quantitative estimate of drug-likeness (QED) is 0.621. The predicted octanol–water partition coefficient (Wildman–Crippen LogP) is 1.39. The minimum atomic E-state index is 0.190. The number of nitrogens with one attached hydrogen (secondary N) is 1. The Hall–Kier alpha value is -1.10. The van der Waals surface area contributed by atoms with E-state index in [4.69, 9.17) is 15.6 Å². The second kappa shape index (κ2) is 8.91. The van der Waals surface area contributed by atoms with Gasteiger partial charge in [0.1, 0.15) is 0 Å². The zero-order valence-electron chi connectivity index (χ0n) is 11.1. The van der Waals surface area contributed by atoms with E-state index in [1.54, 1.807) is 7.11 Å². The first-order valence-electron chi connectivity index (χ1n) is 6.45. The number of benzene rings is 1. The van der Waals surface area contributed by atoms with Gasteiger partial charge in [0, 0.05) is 25.4 Å². The fraction of sp³-hybridized carbons (Fsp3) is 0.571. The van der Waals surface area contributed by atoms with Crippen molar-refractivity contribution in [2.75, 3.05) is 32.2 Å². The number of aliphatic hydroxyl groups excluding tert-OH is 1. The third kappa shape index (κ3) is 5.49. The van der Waals surface area contributed by atoms with Gasteiger partial charge in [0.25, 0.3) is 0 Å². The Labute approximate surface area is 109 Å². The van der Waals surface area contributed by atoms with Crippen LogP contribution in [0.3, 0.4) is 0 Å². The molecule has 0 radical (unpaired) electrons. The van der Waals surface area contributed by atoms with Crippen molar-refractivity contribution >= 4 is 5.69 Å². The zero-order valence-corrected chi connectivity index (χ0v) is 11.1. The minimum Gasteiger partial charge on any atom is -0.396 e. The molecule has 4 heteroatoms. The van der Waals surface area contributed by atoms with Crippen LogP contribution in [0.2, 0.25) is 0 Å². The number of anilines is 1. The van der Waals surface area contributed by atoms with Gasteiger partial charge in [-0.05, 0) is 43.5 Å². The molecule has 1 atom stereocenters. The Kier molecular flexibility index (Phi) is 7.41. The smallest absolute Gasteiger partial charge is 0.0664 e. The molecule has 0 saturated heterocycles. The highest BCUT2D eigenvalue weighted by Gasteiger charge is 2.07. The van der Waals surface area contributed by atoms with Gasteiger partial charge in [-0.3, -0.25) is 0 Å². The lowest BCUT2D eigenvalue weighted by Crippen LogP contribution is -2.25. The molecule has 1 aromatic carbocycles. The van der Waals surface area contributed by atoms with Gasteiger partial charge in [-0.15, -0.1) is 0 Å². The number of ether oxygens (including phenoxy) is 1. The van der Waals surface area contributed by atoms with Crippen LogP contribution in [0.4, 0.5) is 5.69 Å². The summed E-state index contributed by atoms with van der Waals surface area (Å²) in [6.07, 6.45) is 2.70. The highest BCUT2D eigenvalue weighted by atomic mass is 16.5. The van der Waals surface area contributed by atoms with Crippen LogP contribution in [0.25, 0.3) is 0 Å². The van der Waals surface area contributed by atoms with Crippen LogP contribution in [0.5, 0.6) is 0 Å². The lowest BCUT2D eigenvalue weighted by molar-refractivity contribution is 0.182. The standard InChI is InChI=1S/C14H24N2O2/c1-18-11-14(3-2-9-15)16-13-6-4-12(5-7-13)8-10-17/h4-7,14,16-17H,2-3,8-11,15H2,1H3. The van der Waals surface area contributed by atoms with E-state index in [1.807, 2.05) is 24.3 Å². The highest BCUT2D eigenvalue weighted by molar-refractivity contribution is 5.45. The molecule has 4 nitrogen and oxygen atoms in total. The number of nitrogens with two attached hydrogens (primary N) is 1. The number of rotatable bonds is 9. The van der Waals surface area contributed by atoms with Gasteiger partial charge in [0.2, 0.25) is 0 Å². The van der Waals surface area contributed by atoms with Gasteiger partial charge < -0.3 is 20.9 Å². The molecule has 0 bridgehead atoms. The molecule has 1 unspecified atom stereocenters. The lowest BCUT2D eigenvalue weighted by atomic mass is 10.1. The molecule has 0 amide bonds. The van der Waals surface area contributed by atoms with Crippen molar-refractivity contribution in [1.82, 2.24) is 0 Å². The Morgan fingerprint density at radius 1 is 1.33 bits per heavy atom. The molecule has 18 heavy (non-hydrogen) atoms. The molecule has 4 N–H and O–H groups in total. The predicted molar refractivity (Wildman–Crippen MR) is 74.8 cm³/mol. The van der Waals surface area contributed by atoms with Crippen LogP contribution in [0.1, 0.15) is 18.4 Å². The summed E-state index contributed by atoms with van der Waals surface area (Å²) < 4.78 is 5.20. The molecular weight excluding hydrogens is 228 g/mol. The second-order valence-corrected chi connectivity index (χ2v) is 4.40. The minimum absolute atomic E-state index is 0.190. The van der Waals surface area contributed by atoms with Crippen LogP contribution in [-0.2, 0) is 11.2 Å². The summed E-state index contributed by atoms with van der Waals surface area (Å²) in [7, 11) is 1.71. The number of aliphatic hydroxyl groups is 1. The maximum Gasteiger partial charge on any atom is 0.0664 e. The molecule has 0 aromatic heterocycles. The summed E-state index contributed by atoms with van der Waals surface area (Å²) >= 11 is 0. The van der Waals surface area contributed by atoms with E-state index >= 15 is 0 Å². The average Bonchev–Trinajstić information content (AvgIpc) is 2.39. The normalized spacial score (nSPS) is 12.4. The van der Waals surface area contributed by atoms with Crippen LogP contribution < -0.4 is 11.1 Å². The third-order valence-corrected chi connectivity index (χ3v) is 2.85. The number of hydrogen-bond donors (Lipinski definition) is 3. The van der Waals surface area contributed by atoms with E-state index < -0.39 is 0 Å². The van der Waals surface area contributed by atoms with Crippen molar-refractivity contribution < 1.29 is 9.84 Å². The molecule has 1 aromatic rings. The fourth-order valence-corrected chi connectivity index (χ4v) is 1.90. The molecule has 0 fully saturated rings. The van der Waals surface area contributed by atoms with Gasteiger partial charge in [-0.1, -0.05) is 12.1 Å². The molecular formula is C14H24N2O2. The third-order valence-electron chi connectivity index (χ3n) is 2.85. The largest absolute Gasteiger partial charge is 0.396 e. The highest BCUT2D eigenvalue weighted by Crippen LogP contribution is 2.13. The first-order chi connectivity index (χ1) is 8.80. The van der Waals surface area contributed by atoms with Crippen molar-refractivity contribution in [2.45, 2.75) is 25.3 Å². The van der Waals surface area contributed by atoms with E-state index in [0.29, 0.717) is 25.6 Å². The molecule has 0 aliphatic rings. The molecule has 0 spiro atoms. The van der Waals surface area contributed by atoms with Crippen molar-refractivity contribution in [3.05, 3.63) is 29.8 Å². The van der Waals surface area contributed by atoms with Gasteiger partial charge in [0.15, 0.2) is 0 Å². The van der Waals surface area contributed by atoms with E-state index in [0.717, 1.165) is 24.1 Å². The number of methoxy groups -OCH3 is 1. The maximum absolute atomic E-state index is 8.86. The molecule has 0 saturated carbocycles. The van der Waals surface area contributed by atoms with Crippen LogP contribution >= 0.6 is 0 Å². The first-order valence-corrected chi connectivity index (χ1v) is 6.45. The zero-order chi connectivity index (χ0) is 13.2. The summed E-state index contributed by atoms with van der Waals surface area (Å²) in [6.45, 7) is 1.57. The van der Waals surface area contributed by atoms with Crippen molar-refractivity contribution in [3.63, 3.8) is 0 Å². The lowest BCUT2D eigenvalue weighted by Gasteiger charge is -2.19. The monoisotopic (exact) mass is 252 g/mol. The first kappa shape index (κ1) is 15.0. The fourth-order valence-electron chi connectivity index (χ4n) is 1.90. The Bertz CT molecular complexity index is 314. The van der Waals surface area contributed by atoms with E-state index in [2.05, 4.69) is 5.32 Å². The SMILES string of the molecule is COCC(CCCN)Nc1ccc(CCO)cc1.